The Morgan fingerprint density at radius 2 is 1.86 bits per heavy atom. The molecule has 0 unspecified atom stereocenters. The maximum Gasteiger partial charge on any atom is 0.246 e. The van der Waals surface area contributed by atoms with Crippen molar-refractivity contribution in [2.75, 3.05) is 10.6 Å². The van der Waals surface area contributed by atoms with Gasteiger partial charge in [0.1, 0.15) is 6.04 Å². The van der Waals surface area contributed by atoms with E-state index < -0.39 is 0 Å². The van der Waals surface area contributed by atoms with Gasteiger partial charge in [0.15, 0.2) is 0 Å². The van der Waals surface area contributed by atoms with Gasteiger partial charge in [-0.05, 0) is 55.3 Å². The Morgan fingerprint density at radius 3 is 2.52 bits per heavy atom. The van der Waals surface area contributed by atoms with Gasteiger partial charge in [-0.2, -0.15) is 0 Å². The smallest absolute Gasteiger partial charge is 0.246 e. The number of benzene rings is 2. The molecule has 0 saturated heterocycles. The standard InChI is InChI=1S/C17H19BrN2O/c1-3-13-5-4-6-16(11-13)19-12(2)17(21)20-15-9-7-14(18)8-10-15/h4-12,19H,3H2,1-2H3,(H,20,21)/t12-/m1/s1. The summed E-state index contributed by atoms with van der Waals surface area (Å²) in [6.07, 6.45) is 0.981. The van der Waals surface area contributed by atoms with Crippen LogP contribution < -0.4 is 10.6 Å². The van der Waals surface area contributed by atoms with Crippen LogP contribution in [0, 0.1) is 0 Å². The molecule has 2 aromatic carbocycles. The average Bonchev–Trinajstić information content (AvgIpc) is 2.49. The third kappa shape index (κ3) is 4.60. The molecule has 0 saturated carbocycles. The van der Waals surface area contributed by atoms with E-state index >= 15 is 0 Å². The van der Waals surface area contributed by atoms with Gasteiger partial charge in [0.2, 0.25) is 5.91 Å². The van der Waals surface area contributed by atoms with E-state index in [0.29, 0.717) is 0 Å². The molecule has 2 aromatic rings. The molecule has 3 nitrogen and oxygen atoms in total. The number of nitrogens with one attached hydrogen (secondary N) is 2. The lowest BCUT2D eigenvalue weighted by atomic mass is 10.1. The van der Waals surface area contributed by atoms with Gasteiger partial charge in [-0.15, -0.1) is 0 Å². The predicted octanol–water partition coefficient (Wildman–Crippen LogP) is 4.45. The summed E-state index contributed by atoms with van der Waals surface area (Å²) < 4.78 is 0.989. The van der Waals surface area contributed by atoms with Crippen molar-refractivity contribution in [3.8, 4) is 0 Å². The van der Waals surface area contributed by atoms with Crippen molar-refractivity contribution in [2.45, 2.75) is 26.3 Å². The fourth-order valence-electron chi connectivity index (χ4n) is 1.98. The van der Waals surface area contributed by atoms with Crippen LogP contribution in [-0.2, 0) is 11.2 Å². The maximum atomic E-state index is 12.2. The average molecular weight is 347 g/mol. The van der Waals surface area contributed by atoms with Crippen LogP contribution in [0.25, 0.3) is 0 Å². The van der Waals surface area contributed by atoms with E-state index in [9.17, 15) is 4.79 Å². The number of aryl methyl sites for hydroxylation is 1. The summed E-state index contributed by atoms with van der Waals surface area (Å²) in [6, 6.07) is 15.4. The van der Waals surface area contributed by atoms with E-state index in [0.717, 1.165) is 22.3 Å². The Morgan fingerprint density at radius 1 is 1.14 bits per heavy atom. The molecule has 110 valence electrons. The van der Waals surface area contributed by atoms with Crippen molar-refractivity contribution >= 4 is 33.2 Å². The van der Waals surface area contributed by atoms with Crippen LogP contribution in [0.2, 0.25) is 0 Å². The zero-order valence-electron chi connectivity index (χ0n) is 12.2. The van der Waals surface area contributed by atoms with Gasteiger partial charge < -0.3 is 10.6 Å². The van der Waals surface area contributed by atoms with E-state index in [1.54, 1.807) is 0 Å². The van der Waals surface area contributed by atoms with E-state index in [1.165, 1.54) is 5.56 Å². The van der Waals surface area contributed by atoms with Crippen molar-refractivity contribution in [1.82, 2.24) is 0 Å². The minimum absolute atomic E-state index is 0.0563. The number of hydrogen-bond acceptors (Lipinski definition) is 2. The van der Waals surface area contributed by atoms with Crippen LogP contribution in [0.15, 0.2) is 53.0 Å². The first-order chi connectivity index (χ1) is 10.1. The molecule has 4 heteroatoms. The lowest BCUT2D eigenvalue weighted by Gasteiger charge is -2.16. The van der Waals surface area contributed by atoms with Crippen LogP contribution in [-0.4, -0.2) is 11.9 Å². The zero-order valence-corrected chi connectivity index (χ0v) is 13.8. The predicted molar refractivity (Wildman–Crippen MR) is 91.7 cm³/mol. The highest BCUT2D eigenvalue weighted by Gasteiger charge is 2.12. The number of carbonyl (C=O) groups excluding carboxylic acids is 1. The Kier molecular flexibility index (Phi) is 5.39. The Hall–Kier alpha value is -1.81. The van der Waals surface area contributed by atoms with Crippen molar-refractivity contribution in [3.05, 3.63) is 58.6 Å². The van der Waals surface area contributed by atoms with Crippen LogP contribution in [0.1, 0.15) is 19.4 Å². The minimum Gasteiger partial charge on any atom is -0.374 e. The third-order valence-electron chi connectivity index (χ3n) is 3.22. The molecule has 0 aliphatic rings. The fraction of sp³-hybridized carbons (Fsp3) is 0.235. The van der Waals surface area contributed by atoms with Gasteiger partial charge >= 0.3 is 0 Å². The first-order valence-corrected chi connectivity index (χ1v) is 7.79. The van der Waals surface area contributed by atoms with Gasteiger partial charge in [0.25, 0.3) is 0 Å². The van der Waals surface area contributed by atoms with Crippen LogP contribution >= 0.6 is 15.9 Å². The first kappa shape index (κ1) is 15.6. The Labute approximate surface area is 133 Å². The molecule has 0 aliphatic heterocycles. The number of anilines is 2. The highest BCUT2D eigenvalue weighted by atomic mass is 79.9. The molecule has 0 heterocycles. The lowest BCUT2D eigenvalue weighted by molar-refractivity contribution is -0.116. The van der Waals surface area contributed by atoms with E-state index in [-0.39, 0.29) is 11.9 Å². The Balaban J connectivity index is 1.97. The Bertz CT molecular complexity index is 610. The number of carbonyl (C=O) groups is 1. The molecule has 0 radical (unpaired) electrons. The SMILES string of the molecule is CCc1cccc(N[C@H](C)C(=O)Nc2ccc(Br)cc2)c1. The van der Waals surface area contributed by atoms with Gasteiger partial charge in [-0.1, -0.05) is 35.0 Å². The second kappa shape index (κ2) is 7.27. The lowest BCUT2D eigenvalue weighted by Crippen LogP contribution is -2.31. The quantitative estimate of drug-likeness (QED) is 0.839. The summed E-state index contributed by atoms with van der Waals surface area (Å²) >= 11 is 3.37. The molecule has 0 bridgehead atoms. The summed E-state index contributed by atoms with van der Waals surface area (Å²) in [6.45, 7) is 3.97. The minimum atomic E-state index is -0.305. The van der Waals surface area contributed by atoms with Crippen molar-refractivity contribution in [2.24, 2.45) is 0 Å². The molecule has 0 aromatic heterocycles. The topological polar surface area (TPSA) is 41.1 Å². The second-order valence-corrected chi connectivity index (χ2v) is 5.83. The van der Waals surface area contributed by atoms with Crippen LogP contribution in [0.5, 0.6) is 0 Å². The molecule has 0 aliphatic carbocycles. The van der Waals surface area contributed by atoms with Crippen molar-refractivity contribution < 1.29 is 4.79 Å². The molecule has 0 fully saturated rings. The monoisotopic (exact) mass is 346 g/mol. The molecule has 0 spiro atoms. The van der Waals surface area contributed by atoms with E-state index in [1.807, 2.05) is 43.3 Å². The van der Waals surface area contributed by atoms with Gasteiger partial charge in [-0.3, -0.25) is 4.79 Å². The maximum absolute atomic E-state index is 12.2. The highest BCUT2D eigenvalue weighted by molar-refractivity contribution is 9.10. The second-order valence-electron chi connectivity index (χ2n) is 4.92. The van der Waals surface area contributed by atoms with Gasteiger partial charge in [0, 0.05) is 15.8 Å². The van der Waals surface area contributed by atoms with Crippen LogP contribution in [0.3, 0.4) is 0 Å². The molecule has 1 amide bonds. The van der Waals surface area contributed by atoms with Crippen molar-refractivity contribution in [3.63, 3.8) is 0 Å². The van der Waals surface area contributed by atoms with Gasteiger partial charge in [-0.25, -0.2) is 0 Å². The summed E-state index contributed by atoms with van der Waals surface area (Å²) in [5, 5.41) is 6.12. The van der Waals surface area contributed by atoms with E-state index in [2.05, 4.69) is 45.6 Å². The molecule has 21 heavy (non-hydrogen) atoms. The molecule has 2 rings (SSSR count). The summed E-state index contributed by atoms with van der Waals surface area (Å²) in [7, 11) is 0. The number of rotatable bonds is 5. The molecule has 2 N–H and O–H groups in total. The number of amides is 1. The molecule has 1 atom stereocenters. The van der Waals surface area contributed by atoms with Gasteiger partial charge in [0.05, 0.1) is 0 Å². The van der Waals surface area contributed by atoms with Crippen LogP contribution in [0.4, 0.5) is 11.4 Å². The first-order valence-electron chi connectivity index (χ1n) is 7.00. The number of hydrogen-bond donors (Lipinski definition) is 2. The normalized spacial score (nSPS) is 11.8. The summed E-state index contributed by atoms with van der Waals surface area (Å²) in [4.78, 5) is 12.2. The largest absolute Gasteiger partial charge is 0.374 e. The summed E-state index contributed by atoms with van der Waals surface area (Å²) in [5.74, 6) is -0.0563. The molecular weight excluding hydrogens is 328 g/mol. The fourth-order valence-corrected chi connectivity index (χ4v) is 2.24. The van der Waals surface area contributed by atoms with Crippen molar-refractivity contribution in [1.29, 1.82) is 0 Å². The van der Waals surface area contributed by atoms with E-state index in [4.69, 9.17) is 0 Å². The third-order valence-corrected chi connectivity index (χ3v) is 3.75. The molecular formula is C17H19BrN2O. The number of halogens is 1. The summed E-state index contributed by atoms with van der Waals surface area (Å²) in [5.41, 5.74) is 3.01. The zero-order chi connectivity index (χ0) is 15.2. The highest BCUT2D eigenvalue weighted by Crippen LogP contribution is 2.16.